The molecule has 2 heterocycles. The summed E-state index contributed by atoms with van der Waals surface area (Å²) in [6.07, 6.45) is 1.39. The van der Waals surface area contributed by atoms with Crippen LogP contribution in [0, 0.1) is 17.2 Å². The minimum absolute atomic E-state index is 0.0387. The van der Waals surface area contributed by atoms with E-state index in [1.165, 1.54) is 0 Å². The third-order valence-corrected chi connectivity index (χ3v) is 3.49. The van der Waals surface area contributed by atoms with Crippen LogP contribution in [0.25, 0.3) is 0 Å². The summed E-state index contributed by atoms with van der Waals surface area (Å²) >= 11 is 11.7. The molecule has 1 amide bonds. The first-order chi connectivity index (χ1) is 8.61. The molecule has 1 fully saturated rings. The molecule has 0 unspecified atom stereocenters. The van der Waals surface area contributed by atoms with Crippen molar-refractivity contribution < 1.29 is 4.79 Å². The van der Waals surface area contributed by atoms with Crippen molar-refractivity contribution in [3.05, 3.63) is 28.0 Å². The number of likely N-dealkylation sites (tertiary alicyclic amines) is 1. The van der Waals surface area contributed by atoms with Gasteiger partial charge >= 0.3 is 0 Å². The van der Waals surface area contributed by atoms with E-state index in [0.717, 1.165) is 0 Å². The maximum absolute atomic E-state index is 12.2. The highest BCUT2D eigenvalue weighted by atomic mass is 35.5. The van der Waals surface area contributed by atoms with Gasteiger partial charge in [-0.05, 0) is 25.0 Å². The lowest BCUT2D eigenvalue weighted by Gasteiger charge is -2.29. The number of halogens is 2. The van der Waals surface area contributed by atoms with Crippen LogP contribution in [0.5, 0.6) is 0 Å². The predicted molar refractivity (Wildman–Crippen MR) is 68.5 cm³/mol. The lowest BCUT2D eigenvalue weighted by molar-refractivity contribution is 0.0701. The van der Waals surface area contributed by atoms with E-state index in [-0.39, 0.29) is 22.7 Å². The van der Waals surface area contributed by atoms with Crippen molar-refractivity contribution in [1.29, 1.82) is 5.26 Å². The number of hydrogen-bond acceptors (Lipinski definition) is 3. The van der Waals surface area contributed by atoms with Crippen LogP contribution in [0.1, 0.15) is 23.3 Å². The van der Waals surface area contributed by atoms with Crippen molar-refractivity contribution in [3.63, 3.8) is 0 Å². The highest BCUT2D eigenvalue weighted by molar-refractivity contribution is 6.34. The van der Waals surface area contributed by atoms with E-state index in [2.05, 4.69) is 11.1 Å². The van der Waals surface area contributed by atoms with Gasteiger partial charge in [0.15, 0.2) is 0 Å². The van der Waals surface area contributed by atoms with Gasteiger partial charge in [0.2, 0.25) is 0 Å². The SMILES string of the molecule is N#CC1CCN(C(=O)c2nc(Cl)ccc2Cl)CC1. The Balaban J connectivity index is 2.13. The number of hydrogen-bond donors (Lipinski definition) is 0. The lowest BCUT2D eigenvalue weighted by atomic mass is 9.98. The Morgan fingerprint density at radius 3 is 2.67 bits per heavy atom. The van der Waals surface area contributed by atoms with Crippen LogP contribution in [0.2, 0.25) is 10.2 Å². The second-order valence-electron chi connectivity index (χ2n) is 4.16. The Labute approximate surface area is 115 Å². The van der Waals surface area contributed by atoms with Crippen LogP contribution in [0.15, 0.2) is 12.1 Å². The number of amides is 1. The maximum Gasteiger partial charge on any atom is 0.274 e. The lowest BCUT2D eigenvalue weighted by Crippen LogP contribution is -2.38. The Morgan fingerprint density at radius 2 is 2.06 bits per heavy atom. The average molecular weight is 284 g/mol. The van der Waals surface area contributed by atoms with Gasteiger partial charge in [-0.15, -0.1) is 0 Å². The molecular weight excluding hydrogens is 273 g/mol. The van der Waals surface area contributed by atoms with Crippen LogP contribution < -0.4 is 0 Å². The van der Waals surface area contributed by atoms with Gasteiger partial charge in [-0.25, -0.2) is 4.98 Å². The van der Waals surface area contributed by atoms with E-state index in [1.54, 1.807) is 17.0 Å². The van der Waals surface area contributed by atoms with E-state index >= 15 is 0 Å². The van der Waals surface area contributed by atoms with Gasteiger partial charge in [0.25, 0.3) is 5.91 Å². The summed E-state index contributed by atoms with van der Waals surface area (Å²) in [6.45, 7) is 1.11. The number of piperidine rings is 1. The van der Waals surface area contributed by atoms with Gasteiger partial charge in [0.1, 0.15) is 10.8 Å². The smallest absolute Gasteiger partial charge is 0.274 e. The molecule has 1 aliphatic rings. The fourth-order valence-corrected chi connectivity index (χ4v) is 2.26. The molecule has 0 spiro atoms. The first-order valence-corrected chi connectivity index (χ1v) is 6.38. The zero-order valence-corrected chi connectivity index (χ0v) is 11.1. The number of nitriles is 1. The van der Waals surface area contributed by atoms with Crippen molar-refractivity contribution >= 4 is 29.1 Å². The summed E-state index contributed by atoms with van der Waals surface area (Å²) in [5.74, 6) is -0.185. The van der Waals surface area contributed by atoms with Crippen molar-refractivity contribution in [2.24, 2.45) is 5.92 Å². The number of carbonyl (C=O) groups excluding carboxylic acids is 1. The minimum atomic E-state index is -0.223. The van der Waals surface area contributed by atoms with Crippen molar-refractivity contribution in [2.75, 3.05) is 13.1 Å². The quantitative estimate of drug-likeness (QED) is 0.745. The molecule has 0 N–H and O–H groups in total. The monoisotopic (exact) mass is 283 g/mol. The molecule has 0 bridgehead atoms. The van der Waals surface area contributed by atoms with Gasteiger partial charge < -0.3 is 4.90 Å². The first-order valence-electron chi connectivity index (χ1n) is 5.62. The molecule has 1 saturated heterocycles. The second kappa shape index (κ2) is 5.55. The second-order valence-corrected chi connectivity index (χ2v) is 4.95. The van der Waals surface area contributed by atoms with Crippen molar-refractivity contribution in [3.8, 4) is 6.07 Å². The third-order valence-electron chi connectivity index (χ3n) is 2.98. The van der Waals surface area contributed by atoms with E-state index < -0.39 is 0 Å². The summed E-state index contributed by atoms with van der Waals surface area (Å²) in [6, 6.07) is 5.33. The van der Waals surface area contributed by atoms with Gasteiger partial charge in [-0.2, -0.15) is 5.26 Å². The number of rotatable bonds is 1. The summed E-state index contributed by atoms with van der Waals surface area (Å²) in [5, 5.41) is 9.35. The number of carbonyl (C=O) groups is 1. The zero-order valence-electron chi connectivity index (χ0n) is 9.57. The fraction of sp³-hybridized carbons (Fsp3) is 0.417. The molecule has 0 radical (unpaired) electrons. The first kappa shape index (κ1) is 13.1. The molecule has 94 valence electrons. The topological polar surface area (TPSA) is 57.0 Å². The summed E-state index contributed by atoms with van der Waals surface area (Å²) in [4.78, 5) is 17.8. The highest BCUT2D eigenvalue weighted by Gasteiger charge is 2.25. The molecule has 0 saturated carbocycles. The number of pyridine rings is 1. The van der Waals surface area contributed by atoms with E-state index in [9.17, 15) is 4.79 Å². The van der Waals surface area contributed by atoms with E-state index in [4.69, 9.17) is 28.5 Å². The number of aromatic nitrogens is 1. The molecule has 0 aromatic carbocycles. The summed E-state index contributed by atoms with van der Waals surface area (Å²) < 4.78 is 0. The molecule has 1 aliphatic heterocycles. The normalized spacial score (nSPS) is 16.4. The standard InChI is InChI=1S/C12H11Cl2N3O/c13-9-1-2-10(14)16-11(9)12(18)17-5-3-8(7-15)4-6-17/h1-2,8H,3-6H2. The Kier molecular flexibility index (Phi) is 4.05. The van der Waals surface area contributed by atoms with Crippen LogP contribution >= 0.6 is 23.2 Å². The zero-order chi connectivity index (χ0) is 13.1. The number of nitrogens with zero attached hydrogens (tertiary/aromatic N) is 3. The summed E-state index contributed by atoms with van der Waals surface area (Å²) in [5.41, 5.74) is 0.180. The van der Waals surface area contributed by atoms with Crippen LogP contribution in [0.3, 0.4) is 0 Å². The largest absolute Gasteiger partial charge is 0.337 e. The molecule has 4 nitrogen and oxygen atoms in total. The molecule has 2 rings (SSSR count). The van der Waals surface area contributed by atoms with E-state index in [1.807, 2.05) is 0 Å². The van der Waals surface area contributed by atoms with Gasteiger partial charge in [-0.3, -0.25) is 4.79 Å². The predicted octanol–water partition coefficient (Wildman–Crippen LogP) is 2.76. The molecule has 6 heteroatoms. The Morgan fingerprint density at radius 1 is 1.39 bits per heavy atom. The molecule has 0 aliphatic carbocycles. The highest BCUT2D eigenvalue weighted by Crippen LogP contribution is 2.22. The molecule has 1 aromatic heterocycles. The van der Waals surface area contributed by atoms with E-state index in [0.29, 0.717) is 31.0 Å². The molecule has 0 atom stereocenters. The summed E-state index contributed by atoms with van der Waals surface area (Å²) in [7, 11) is 0. The van der Waals surface area contributed by atoms with Crippen molar-refractivity contribution in [2.45, 2.75) is 12.8 Å². The minimum Gasteiger partial charge on any atom is -0.337 e. The van der Waals surface area contributed by atoms with Gasteiger partial charge in [-0.1, -0.05) is 23.2 Å². The Bertz CT molecular complexity index is 505. The van der Waals surface area contributed by atoms with Gasteiger partial charge in [0.05, 0.1) is 11.1 Å². The van der Waals surface area contributed by atoms with Crippen LogP contribution in [-0.2, 0) is 0 Å². The van der Waals surface area contributed by atoms with Crippen LogP contribution in [-0.4, -0.2) is 28.9 Å². The molecule has 1 aromatic rings. The fourth-order valence-electron chi connectivity index (χ4n) is 1.93. The van der Waals surface area contributed by atoms with Crippen molar-refractivity contribution in [1.82, 2.24) is 9.88 Å². The van der Waals surface area contributed by atoms with Crippen LogP contribution in [0.4, 0.5) is 0 Å². The van der Waals surface area contributed by atoms with Gasteiger partial charge in [0, 0.05) is 19.0 Å². The Hall–Kier alpha value is -1.31. The third kappa shape index (κ3) is 2.74. The molecular formula is C12H11Cl2N3O. The average Bonchev–Trinajstić information content (AvgIpc) is 2.41. The molecule has 18 heavy (non-hydrogen) atoms. The maximum atomic E-state index is 12.2.